The Labute approximate surface area is 113 Å². The van der Waals surface area contributed by atoms with Crippen LogP contribution >= 0.6 is 11.6 Å². The zero-order valence-corrected chi connectivity index (χ0v) is 10.6. The van der Waals surface area contributed by atoms with Gasteiger partial charge in [0.1, 0.15) is 23.4 Å². The standard InChI is InChI=1S/C12H11ClN4O2/c13-12-16-10-8(2-1-3-9(10)19)11(17-12)15-6-7(14)4-5-18/h1-5,19H,6,14H2,(H,15,16,17). The molecule has 0 aliphatic heterocycles. The maximum Gasteiger partial charge on any atom is 0.225 e. The SMILES string of the molecule is NC(=CC=O)CNc1nc(Cl)nc2c(O)cccc12. The number of aromatic hydroxyl groups is 1. The van der Waals surface area contributed by atoms with Crippen LogP contribution in [0.15, 0.2) is 30.0 Å². The van der Waals surface area contributed by atoms with Crippen LogP contribution in [-0.4, -0.2) is 27.9 Å². The normalized spacial score (nSPS) is 11.5. The first-order valence-electron chi connectivity index (χ1n) is 5.40. The van der Waals surface area contributed by atoms with Gasteiger partial charge in [-0.15, -0.1) is 0 Å². The van der Waals surface area contributed by atoms with Crippen LogP contribution in [0.4, 0.5) is 5.82 Å². The number of carbonyl (C=O) groups excluding carboxylic acids is 1. The molecule has 6 nitrogen and oxygen atoms in total. The number of para-hydroxylation sites is 1. The van der Waals surface area contributed by atoms with Crippen molar-refractivity contribution in [3.63, 3.8) is 0 Å². The Kier molecular flexibility index (Phi) is 3.82. The topological polar surface area (TPSA) is 101 Å². The number of hydrogen-bond acceptors (Lipinski definition) is 6. The molecule has 98 valence electrons. The molecule has 1 aromatic heterocycles. The molecule has 0 spiro atoms. The molecule has 1 heterocycles. The molecule has 0 atom stereocenters. The van der Waals surface area contributed by atoms with Crippen LogP contribution in [0.2, 0.25) is 5.28 Å². The van der Waals surface area contributed by atoms with Gasteiger partial charge in [0.15, 0.2) is 0 Å². The monoisotopic (exact) mass is 278 g/mol. The fraction of sp³-hybridized carbons (Fsp3) is 0.0833. The highest BCUT2D eigenvalue weighted by Crippen LogP contribution is 2.28. The summed E-state index contributed by atoms with van der Waals surface area (Å²) in [5.74, 6) is 0.453. The number of fused-ring (bicyclic) bond motifs is 1. The second kappa shape index (κ2) is 5.53. The van der Waals surface area contributed by atoms with Gasteiger partial charge in [-0.3, -0.25) is 4.79 Å². The van der Waals surface area contributed by atoms with E-state index in [9.17, 15) is 9.90 Å². The third kappa shape index (κ3) is 2.92. The number of phenols is 1. The number of phenolic OH excluding ortho intramolecular Hbond substituents is 1. The smallest absolute Gasteiger partial charge is 0.225 e. The molecule has 0 saturated carbocycles. The average molecular weight is 279 g/mol. The number of nitrogens with two attached hydrogens (primary N) is 1. The van der Waals surface area contributed by atoms with Crippen LogP contribution in [0.5, 0.6) is 5.75 Å². The third-order valence-corrected chi connectivity index (χ3v) is 2.59. The Morgan fingerprint density at radius 1 is 1.47 bits per heavy atom. The van der Waals surface area contributed by atoms with E-state index in [1.165, 1.54) is 12.1 Å². The lowest BCUT2D eigenvalue weighted by atomic mass is 10.2. The molecule has 0 fully saturated rings. The van der Waals surface area contributed by atoms with Gasteiger partial charge in [0.25, 0.3) is 0 Å². The lowest BCUT2D eigenvalue weighted by Crippen LogP contribution is -2.13. The Balaban J connectivity index is 2.40. The van der Waals surface area contributed by atoms with Gasteiger partial charge in [-0.2, -0.15) is 0 Å². The summed E-state index contributed by atoms with van der Waals surface area (Å²) in [7, 11) is 0. The van der Waals surface area contributed by atoms with Crippen molar-refractivity contribution in [3.05, 3.63) is 35.3 Å². The van der Waals surface area contributed by atoms with Crippen molar-refractivity contribution in [1.82, 2.24) is 9.97 Å². The van der Waals surface area contributed by atoms with Crippen molar-refractivity contribution in [3.8, 4) is 5.75 Å². The Morgan fingerprint density at radius 3 is 3.00 bits per heavy atom. The van der Waals surface area contributed by atoms with Crippen molar-refractivity contribution in [2.45, 2.75) is 0 Å². The molecule has 0 aliphatic carbocycles. The molecule has 2 rings (SSSR count). The number of aromatic nitrogens is 2. The summed E-state index contributed by atoms with van der Waals surface area (Å²) in [6.07, 6.45) is 1.85. The molecule has 4 N–H and O–H groups in total. The van der Waals surface area contributed by atoms with Gasteiger partial charge < -0.3 is 16.2 Å². The van der Waals surface area contributed by atoms with E-state index in [1.54, 1.807) is 12.1 Å². The van der Waals surface area contributed by atoms with E-state index in [1.807, 2.05) is 0 Å². The van der Waals surface area contributed by atoms with E-state index in [4.69, 9.17) is 17.3 Å². The number of anilines is 1. The molecule has 1 aromatic carbocycles. The van der Waals surface area contributed by atoms with Crippen molar-refractivity contribution >= 4 is 34.6 Å². The van der Waals surface area contributed by atoms with Gasteiger partial charge in [-0.05, 0) is 29.8 Å². The highest BCUT2D eigenvalue weighted by Gasteiger charge is 2.09. The molecule has 0 saturated heterocycles. The van der Waals surface area contributed by atoms with Crippen molar-refractivity contribution in [2.75, 3.05) is 11.9 Å². The largest absolute Gasteiger partial charge is 0.506 e. The molecule has 7 heteroatoms. The molecule has 2 aromatic rings. The number of aldehydes is 1. The number of allylic oxidation sites excluding steroid dienone is 1. The summed E-state index contributed by atoms with van der Waals surface area (Å²) in [5.41, 5.74) is 6.29. The fourth-order valence-electron chi connectivity index (χ4n) is 1.58. The third-order valence-electron chi connectivity index (χ3n) is 2.42. The summed E-state index contributed by atoms with van der Waals surface area (Å²) in [6, 6.07) is 4.92. The van der Waals surface area contributed by atoms with Crippen LogP contribution in [0.1, 0.15) is 0 Å². The van der Waals surface area contributed by atoms with E-state index in [2.05, 4.69) is 15.3 Å². The van der Waals surface area contributed by atoms with Crippen LogP contribution in [0.3, 0.4) is 0 Å². The minimum atomic E-state index is 0.00874. The number of rotatable bonds is 4. The molecular formula is C12H11ClN4O2. The molecule has 0 radical (unpaired) electrons. The number of halogens is 1. The lowest BCUT2D eigenvalue weighted by Gasteiger charge is -2.09. The summed E-state index contributed by atoms with van der Waals surface area (Å²) < 4.78 is 0. The fourth-order valence-corrected chi connectivity index (χ4v) is 1.75. The summed E-state index contributed by atoms with van der Waals surface area (Å²) in [6.45, 7) is 0.233. The summed E-state index contributed by atoms with van der Waals surface area (Å²) in [4.78, 5) is 18.3. The van der Waals surface area contributed by atoms with Crippen molar-refractivity contribution < 1.29 is 9.90 Å². The highest BCUT2D eigenvalue weighted by molar-refractivity contribution is 6.29. The number of benzene rings is 1. The van der Waals surface area contributed by atoms with Crippen LogP contribution < -0.4 is 11.1 Å². The molecule has 19 heavy (non-hydrogen) atoms. The van der Waals surface area contributed by atoms with E-state index in [0.717, 1.165) is 0 Å². The molecule has 0 bridgehead atoms. The number of hydrogen-bond donors (Lipinski definition) is 3. The summed E-state index contributed by atoms with van der Waals surface area (Å²) >= 11 is 5.80. The second-order valence-electron chi connectivity index (χ2n) is 3.75. The quantitative estimate of drug-likeness (QED) is 0.444. The van der Waals surface area contributed by atoms with Crippen molar-refractivity contribution in [1.29, 1.82) is 0 Å². The van der Waals surface area contributed by atoms with E-state index >= 15 is 0 Å². The van der Waals surface area contributed by atoms with Crippen LogP contribution in [0.25, 0.3) is 10.9 Å². The second-order valence-corrected chi connectivity index (χ2v) is 4.08. The molecule has 0 amide bonds. The summed E-state index contributed by atoms with van der Waals surface area (Å²) in [5, 5.41) is 13.3. The van der Waals surface area contributed by atoms with Gasteiger partial charge in [0.2, 0.25) is 5.28 Å². The zero-order valence-electron chi connectivity index (χ0n) is 9.80. The first-order chi connectivity index (χ1) is 9.11. The Morgan fingerprint density at radius 2 is 2.26 bits per heavy atom. The molecule has 0 unspecified atom stereocenters. The van der Waals surface area contributed by atoms with E-state index < -0.39 is 0 Å². The Bertz CT molecular complexity index is 657. The molecule has 0 aliphatic rings. The van der Waals surface area contributed by atoms with Crippen LogP contribution in [0, 0.1) is 0 Å². The van der Waals surface area contributed by atoms with E-state index in [0.29, 0.717) is 28.7 Å². The van der Waals surface area contributed by atoms with Gasteiger partial charge in [-0.25, -0.2) is 9.97 Å². The number of nitrogens with one attached hydrogen (secondary N) is 1. The minimum Gasteiger partial charge on any atom is -0.506 e. The Hall–Kier alpha value is -2.34. The maximum absolute atomic E-state index is 10.3. The predicted octanol–water partition coefficient (Wildman–Crippen LogP) is 1.44. The average Bonchev–Trinajstić information content (AvgIpc) is 2.37. The predicted molar refractivity (Wildman–Crippen MR) is 73.0 cm³/mol. The molecular weight excluding hydrogens is 268 g/mol. The van der Waals surface area contributed by atoms with Gasteiger partial charge >= 0.3 is 0 Å². The first kappa shape index (κ1) is 13.1. The van der Waals surface area contributed by atoms with Gasteiger partial charge in [-0.1, -0.05) is 6.07 Å². The van der Waals surface area contributed by atoms with Crippen LogP contribution in [-0.2, 0) is 4.79 Å². The maximum atomic E-state index is 10.3. The lowest BCUT2D eigenvalue weighted by molar-refractivity contribution is -0.104. The van der Waals surface area contributed by atoms with Gasteiger partial charge in [0.05, 0.1) is 6.54 Å². The van der Waals surface area contributed by atoms with E-state index in [-0.39, 0.29) is 17.6 Å². The van der Waals surface area contributed by atoms with Gasteiger partial charge in [0, 0.05) is 11.1 Å². The first-order valence-corrected chi connectivity index (χ1v) is 5.78. The minimum absolute atomic E-state index is 0.00874. The number of carbonyl (C=O) groups is 1. The highest BCUT2D eigenvalue weighted by atomic mass is 35.5. The zero-order chi connectivity index (χ0) is 13.8. The van der Waals surface area contributed by atoms with Crippen molar-refractivity contribution in [2.24, 2.45) is 5.73 Å². The number of nitrogens with zero attached hydrogens (tertiary/aromatic N) is 2.